The van der Waals surface area contributed by atoms with Gasteiger partial charge in [-0.3, -0.25) is 4.79 Å². The van der Waals surface area contributed by atoms with E-state index in [9.17, 15) is 9.59 Å². The average molecular weight is 371 g/mol. The van der Waals surface area contributed by atoms with Crippen molar-refractivity contribution < 1.29 is 24.2 Å². The summed E-state index contributed by atoms with van der Waals surface area (Å²) in [5, 5.41) is 9.01. The molecule has 6 nitrogen and oxygen atoms in total. The highest BCUT2D eigenvalue weighted by atomic mass is 16.5. The Balaban J connectivity index is 1.78. The van der Waals surface area contributed by atoms with Gasteiger partial charge in [-0.1, -0.05) is 42.5 Å². The van der Waals surface area contributed by atoms with Gasteiger partial charge in [-0.2, -0.15) is 0 Å². The molecule has 2 rings (SSSR count). The number of carboxylic acids is 1. The van der Waals surface area contributed by atoms with Crippen LogP contribution in [0.4, 0.5) is 0 Å². The number of likely N-dealkylation sites (N-methyl/N-ethyl adjacent to an activating group) is 1. The van der Waals surface area contributed by atoms with Gasteiger partial charge in [-0.15, -0.1) is 0 Å². The van der Waals surface area contributed by atoms with E-state index in [1.807, 2.05) is 30.3 Å². The van der Waals surface area contributed by atoms with Crippen molar-refractivity contribution in [3.8, 4) is 5.75 Å². The maximum atomic E-state index is 12.2. The molecule has 0 aromatic heterocycles. The van der Waals surface area contributed by atoms with Gasteiger partial charge in [0.15, 0.2) is 12.7 Å². The lowest BCUT2D eigenvalue weighted by atomic mass is 10.1. The van der Waals surface area contributed by atoms with E-state index in [0.29, 0.717) is 12.3 Å². The molecule has 6 heteroatoms. The highest BCUT2D eigenvalue weighted by Crippen LogP contribution is 2.14. The summed E-state index contributed by atoms with van der Waals surface area (Å²) in [4.78, 5) is 24.8. The van der Waals surface area contributed by atoms with E-state index < -0.39 is 12.1 Å². The Morgan fingerprint density at radius 2 is 1.70 bits per heavy atom. The monoisotopic (exact) mass is 371 g/mol. The predicted molar refractivity (Wildman–Crippen MR) is 102 cm³/mol. The van der Waals surface area contributed by atoms with Gasteiger partial charge >= 0.3 is 5.97 Å². The number of nitrogens with zero attached hydrogens (tertiary/aromatic N) is 1. The average Bonchev–Trinajstić information content (AvgIpc) is 2.69. The van der Waals surface area contributed by atoms with Crippen molar-refractivity contribution in [2.24, 2.45) is 0 Å². The Bertz CT molecular complexity index is 730. The first-order valence-corrected chi connectivity index (χ1v) is 8.75. The zero-order valence-corrected chi connectivity index (χ0v) is 15.6. The van der Waals surface area contributed by atoms with Crippen LogP contribution in [-0.4, -0.2) is 55.3 Å². The van der Waals surface area contributed by atoms with Crippen molar-refractivity contribution in [1.29, 1.82) is 0 Å². The number of rotatable bonds is 10. The van der Waals surface area contributed by atoms with E-state index in [-0.39, 0.29) is 18.9 Å². The van der Waals surface area contributed by atoms with Crippen LogP contribution in [0, 0.1) is 0 Å². The Labute approximate surface area is 159 Å². The first kappa shape index (κ1) is 20.5. The van der Waals surface area contributed by atoms with Crippen molar-refractivity contribution in [1.82, 2.24) is 4.90 Å². The second kappa shape index (κ2) is 10.3. The second-order valence-electron chi connectivity index (χ2n) is 6.25. The molecule has 2 aromatic rings. The van der Waals surface area contributed by atoms with Gasteiger partial charge in [0.1, 0.15) is 5.75 Å². The van der Waals surface area contributed by atoms with Crippen LogP contribution < -0.4 is 4.74 Å². The van der Waals surface area contributed by atoms with E-state index in [1.165, 1.54) is 12.7 Å². The largest absolute Gasteiger partial charge is 0.484 e. The van der Waals surface area contributed by atoms with Crippen LogP contribution in [-0.2, 0) is 27.2 Å². The van der Waals surface area contributed by atoms with Crippen LogP contribution >= 0.6 is 0 Å². The van der Waals surface area contributed by atoms with E-state index in [2.05, 4.69) is 0 Å². The standard InChI is InChI=1S/C21H25NO5/c1-22(13-12-16-6-4-3-5-7-16)20(23)15-27-18-10-8-17(9-11-18)14-19(26-2)21(24)25/h3-11,19H,12-15H2,1-2H3,(H,24,25)/t19-/m0/s1. The summed E-state index contributed by atoms with van der Waals surface area (Å²) in [5.74, 6) is -0.532. The van der Waals surface area contributed by atoms with Gasteiger partial charge < -0.3 is 19.5 Å². The molecule has 144 valence electrons. The molecule has 2 aromatic carbocycles. The molecule has 1 atom stereocenters. The molecule has 0 bridgehead atoms. The fourth-order valence-corrected chi connectivity index (χ4v) is 2.53. The Kier molecular flexibility index (Phi) is 7.82. The minimum absolute atomic E-state index is 0.0412. The van der Waals surface area contributed by atoms with E-state index in [0.717, 1.165) is 12.0 Å². The lowest BCUT2D eigenvalue weighted by molar-refractivity contribution is -0.148. The van der Waals surface area contributed by atoms with Gasteiger partial charge in [0.05, 0.1) is 0 Å². The molecule has 0 heterocycles. The molecule has 1 amide bonds. The maximum absolute atomic E-state index is 12.2. The third kappa shape index (κ3) is 6.75. The molecular formula is C21H25NO5. The highest BCUT2D eigenvalue weighted by Gasteiger charge is 2.16. The summed E-state index contributed by atoms with van der Waals surface area (Å²) in [6, 6.07) is 17.0. The third-order valence-electron chi connectivity index (χ3n) is 4.27. The SMILES string of the molecule is CO[C@@H](Cc1ccc(OCC(=O)N(C)CCc2ccccc2)cc1)C(=O)O. The lowest BCUT2D eigenvalue weighted by Crippen LogP contribution is -2.33. The number of benzene rings is 2. The molecular weight excluding hydrogens is 346 g/mol. The van der Waals surface area contributed by atoms with Crippen molar-refractivity contribution in [2.75, 3.05) is 27.3 Å². The number of methoxy groups -OCH3 is 1. The second-order valence-corrected chi connectivity index (χ2v) is 6.25. The molecule has 0 saturated heterocycles. The van der Waals surface area contributed by atoms with Crippen LogP contribution in [0.15, 0.2) is 54.6 Å². The smallest absolute Gasteiger partial charge is 0.333 e. The number of hydrogen-bond donors (Lipinski definition) is 1. The summed E-state index contributed by atoms with van der Waals surface area (Å²) >= 11 is 0. The molecule has 0 aliphatic carbocycles. The number of amides is 1. The van der Waals surface area contributed by atoms with Crippen molar-refractivity contribution >= 4 is 11.9 Å². The summed E-state index contributed by atoms with van der Waals surface area (Å²) in [6.45, 7) is 0.583. The summed E-state index contributed by atoms with van der Waals surface area (Å²) in [5.41, 5.74) is 2.01. The minimum atomic E-state index is -0.998. The number of carboxylic acid groups (broad SMARTS) is 1. The van der Waals surface area contributed by atoms with Gasteiger partial charge in [0.2, 0.25) is 0 Å². The van der Waals surface area contributed by atoms with Gasteiger partial charge in [0, 0.05) is 27.1 Å². The zero-order valence-electron chi connectivity index (χ0n) is 15.6. The predicted octanol–water partition coefficient (Wildman–Crippen LogP) is 2.41. The molecule has 0 fully saturated rings. The molecule has 0 aliphatic heterocycles. The van der Waals surface area contributed by atoms with E-state index in [1.54, 1.807) is 36.2 Å². The topological polar surface area (TPSA) is 76.1 Å². The Morgan fingerprint density at radius 3 is 2.30 bits per heavy atom. The van der Waals surface area contributed by atoms with Crippen LogP contribution in [0.25, 0.3) is 0 Å². The van der Waals surface area contributed by atoms with Crippen molar-refractivity contribution in [3.05, 3.63) is 65.7 Å². The van der Waals surface area contributed by atoms with Crippen LogP contribution in [0.3, 0.4) is 0 Å². The molecule has 0 unspecified atom stereocenters. The maximum Gasteiger partial charge on any atom is 0.333 e. The number of ether oxygens (including phenoxy) is 2. The normalized spacial score (nSPS) is 11.6. The Hall–Kier alpha value is -2.86. The molecule has 0 saturated carbocycles. The van der Waals surface area contributed by atoms with E-state index in [4.69, 9.17) is 14.6 Å². The summed E-state index contributed by atoms with van der Waals surface area (Å²) in [6.07, 6.45) is 0.187. The first-order valence-electron chi connectivity index (χ1n) is 8.75. The number of hydrogen-bond acceptors (Lipinski definition) is 4. The molecule has 0 spiro atoms. The zero-order chi connectivity index (χ0) is 19.6. The highest BCUT2D eigenvalue weighted by molar-refractivity contribution is 5.77. The Morgan fingerprint density at radius 1 is 1.04 bits per heavy atom. The van der Waals surface area contributed by atoms with Gasteiger partial charge in [-0.25, -0.2) is 4.79 Å². The summed E-state index contributed by atoms with van der Waals surface area (Å²) < 4.78 is 10.5. The fraction of sp³-hybridized carbons (Fsp3) is 0.333. The molecule has 27 heavy (non-hydrogen) atoms. The number of carbonyl (C=O) groups is 2. The van der Waals surface area contributed by atoms with E-state index >= 15 is 0 Å². The van der Waals surface area contributed by atoms with Crippen molar-refractivity contribution in [2.45, 2.75) is 18.9 Å². The first-order chi connectivity index (χ1) is 13.0. The third-order valence-corrected chi connectivity index (χ3v) is 4.27. The van der Waals surface area contributed by atoms with Crippen LogP contribution in [0.2, 0.25) is 0 Å². The quantitative estimate of drug-likeness (QED) is 0.694. The van der Waals surface area contributed by atoms with Crippen molar-refractivity contribution in [3.63, 3.8) is 0 Å². The van der Waals surface area contributed by atoms with Crippen LogP contribution in [0.5, 0.6) is 5.75 Å². The molecule has 0 aliphatic rings. The van der Waals surface area contributed by atoms with Gasteiger partial charge in [-0.05, 0) is 29.7 Å². The minimum Gasteiger partial charge on any atom is -0.484 e. The molecule has 0 radical (unpaired) electrons. The fourth-order valence-electron chi connectivity index (χ4n) is 2.53. The summed E-state index contributed by atoms with van der Waals surface area (Å²) in [7, 11) is 3.13. The lowest BCUT2D eigenvalue weighted by Gasteiger charge is -2.17. The van der Waals surface area contributed by atoms with Crippen LogP contribution in [0.1, 0.15) is 11.1 Å². The number of aliphatic carboxylic acids is 1. The molecule has 1 N–H and O–H groups in total. The van der Waals surface area contributed by atoms with Gasteiger partial charge in [0.25, 0.3) is 5.91 Å². The number of carbonyl (C=O) groups excluding carboxylic acids is 1.